The van der Waals surface area contributed by atoms with Crippen LogP contribution < -0.4 is 4.74 Å². The molecule has 1 saturated carbocycles. The summed E-state index contributed by atoms with van der Waals surface area (Å²) in [5.41, 5.74) is 1.21. The van der Waals surface area contributed by atoms with E-state index in [9.17, 15) is 18.0 Å². The number of H-pyrrole nitrogens is 1. The number of alkyl halides is 3. The van der Waals surface area contributed by atoms with Crippen LogP contribution in [0.4, 0.5) is 13.2 Å². The van der Waals surface area contributed by atoms with E-state index < -0.39 is 17.3 Å². The van der Waals surface area contributed by atoms with Gasteiger partial charge in [0.05, 0.1) is 12.8 Å². The third-order valence-corrected chi connectivity index (χ3v) is 5.80. The van der Waals surface area contributed by atoms with Crippen LogP contribution in [0.2, 0.25) is 0 Å². The predicted molar refractivity (Wildman–Crippen MR) is 113 cm³/mol. The van der Waals surface area contributed by atoms with Crippen LogP contribution in [0.3, 0.4) is 0 Å². The molecule has 4 rings (SSSR count). The van der Waals surface area contributed by atoms with E-state index in [1.807, 2.05) is 6.92 Å². The van der Waals surface area contributed by atoms with Crippen molar-refractivity contribution < 1.29 is 27.4 Å². The fraction of sp³-hybridized carbons (Fsp3) is 0.391. The van der Waals surface area contributed by atoms with Crippen LogP contribution in [-0.4, -0.2) is 39.1 Å². The van der Waals surface area contributed by atoms with Gasteiger partial charge in [0.1, 0.15) is 23.4 Å². The standard InChI is InChI=1S/C23H23F3N4O3/c1-3-32-21(31)22(7-4-8-22)13-33-19-9-14(2)16(11-28-19)15-5-6-17(27-10-15)20-29-12-18(30-20)23(24,25)26/h5-6,9-12H,3-4,7-8,13H2,1-2H3,(H,29,30). The van der Waals surface area contributed by atoms with Gasteiger partial charge in [-0.3, -0.25) is 9.78 Å². The van der Waals surface area contributed by atoms with Crippen LogP contribution in [0.15, 0.2) is 36.8 Å². The van der Waals surface area contributed by atoms with Gasteiger partial charge >= 0.3 is 12.1 Å². The number of halogens is 3. The molecule has 0 aliphatic heterocycles. The van der Waals surface area contributed by atoms with Crippen molar-refractivity contribution in [1.82, 2.24) is 19.9 Å². The average Bonchev–Trinajstić information content (AvgIpc) is 3.24. The molecule has 3 aromatic rings. The number of nitrogens with one attached hydrogen (secondary N) is 1. The van der Waals surface area contributed by atoms with Crippen LogP contribution in [0.25, 0.3) is 22.6 Å². The van der Waals surface area contributed by atoms with Gasteiger partial charge in [-0.15, -0.1) is 0 Å². The number of aryl methyl sites for hydroxylation is 1. The van der Waals surface area contributed by atoms with Crippen LogP contribution in [0.1, 0.15) is 37.4 Å². The fourth-order valence-corrected chi connectivity index (χ4v) is 3.71. The Hall–Kier alpha value is -3.43. The van der Waals surface area contributed by atoms with Crippen LogP contribution >= 0.6 is 0 Å². The molecular weight excluding hydrogens is 437 g/mol. The number of ether oxygens (including phenoxy) is 2. The molecule has 7 nitrogen and oxygen atoms in total. The van der Waals surface area contributed by atoms with Gasteiger partial charge in [0, 0.05) is 29.6 Å². The first-order valence-electron chi connectivity index (χ1n) is 10.6. The molecule has 1 aliphatic rings. The Morgan fingerprint density at radius 2 is 1.94 bits per heavy atom. The number of hydrogen-bond donors (Lipinski definition) is 1. The van der Waals surface area contributed by atoms with E-state index in [-0.39, 0.29) is 18.4 Å². The van der Waals surface area contributed by atoms with Crippen molar-refractivity contribution in [2.75, 3.05) is 13.2 Å². The number of rotatable bonds is 7. The summed E-state index contributed by atoms with van der Waals surface area (Å²) in [6.07, 6.45) is 1.89. The Morgan fingerprint density at radius 1 is 1.15 bits per heavy atom. The maximum absolute atomic E-state index is 12.8. The number of carbonyl (C=O) groups excluding carboxylic acids is 1. The Kier molecular flexibility index (Phi) is 6.09. The first kappa shape index (κ1) is 22.8. The zero-order chi connectivity index (χ0) is 23.6. The van der Waals surface area contributed by atoms with Crippen LogP contribution in [-0.2, 0) is 15.7 Å². The lowest BCUT2D eigenvalue weighted by atomic mass is 9.69. The molecule has 33 heavy (non-hydrogen) atoms. The van der Waals surface area contributed by atoms with E-state index in [2.05, 4.69) is 19.9 Å². The van der Waals surface area contributed by atoms with Crippen molar-refractivity contribution in [3.8, 4) is 28.5 Å². The highest BCUT2D eigenvalue weighted by Crippen LogP contribution is 2.42. The zero-order valence-electron chi connectivity index (χ0n) is 18.2. The molecule has 0 bridgehead atoms. The topological polar surface area (TPSA) is 90.0 Å². The van der Waals surface area contributed by atoms with E-state index in [0.29, 0.717) is 18.2 Å². The Bertz CT molecular complexity index is 1140. The molecule has 10 heteroatoms. The molecule has 1 aliphatic carbocycles. The molecule has 1 fully saturated rings. The van der Waals surface area contributed by atoms with Gasteiger partial charge in [0.2, 0.25) is 5.88 Å². The summed E-state index contributed by atoms with van der Waals surface area (Å²) in [6.45, 7) is 4.23. The van der Waals surface area contributed by atoms with E-state index in [1.54, 1.807) is 37.5 Å². The smallest absolute Gasteiger partial charge is 0.432 e. The summed E-state index contributed by atoms with van der Waals surface area (Å²) in [4.78, 5) is 26.8. The fourth-order valence-electron chi connectivity index (χ4n) is 3.71. The second-order valence-electron chi connectivity index (χ2n) is 8.06. The van der Waals surface area contributed by atoms with Crippen molar-refractivity contribution in [3.63, 3.8) is 0 Å². The summed E-state index contributed by atoms with van der Waals surface area (Å²) in [5, 5.41) is 0. The summed E-state index contributed by atoms with van der Waals surface area (Å²) in [5.74, 6) is 0.223. The highest BCUT2D eigenvalue weighted by atomic mass is 19.4. The number of hydrogen-bond acceptors (Lipinski definition) is 6. The van der Waals surface area contributed by atoms with Gasteiger partial charge < -0.3 is 14.5 Å². The van der Waals surface area contributed by atoms with E-state index >= 15 is 0 Å². The molecule has 0 radical (unpaired) electrons. The van der Waals surface area contributed by atoms with Crippen LogP contribution in [0.5, 0.6) is 5.88 Å². The van der Waals surface area contributed by atoms with Crippen molar-refractivity contribution >= 4 is 5.97 Å². The van der Waals surface area contributed by atoms with Crippen molar-refractivity contribution in [1.29, 1.82) is 0 Å². The largest absolute Gasteiger partial charge is 0.476 e. The third kappa shape index (κ3) is 4.69. The minimum atomic E-state index is -4.49. The summed E-state index contributed by atoms with van der Waals surface area (Å²) < 4.78 is 49.3. The molecule has 0 amide bonds. The van der Waals surface area contributed by atoms with Crippen LogP contribution in [0, 0.1) is 12.3 Å². The van der Waals surface area contributed by atoms with E-state index in [0.717, 1.165) is 42.1 Å². The lowest BCUT2D eigenvalue weighted by Gasteiger charge is -2.38. The Morgan fingerprint density at radius 3 is 2.48 bits per heavy atom. The predicted octanol–water partition coefficient (Wildman–Crippen LogP) is 4.97. The highest BCUT2D eigenvalue weighted by molar-refractivity contribution is 5.78. The van der Waals surface area contributed by atoms with E-state index in [4.69, 9.17) is 9.47 Å². The number of nitrogens with zero attached hydrogens (tertiary/aromatic N) is 3. The highest BCUT2D eigenvalue weighted by Gasteiger charge is 2.46. The second kappa shape index (κ2) is 8.84. The summed E-state index contributed by atoms with van der Waals surface area (Å²) in [7, 11) is 0. The first-order valence-corrected chi connectivity index (χ1v) is 10.6. The molecule has 0 spiro atoms. The zero-order valence-corrected chi connectivity index (χ0v) is 18.2. The summed E-state index contributed by atoms with van der Waals surface area (Å²) in [6, 6.07) is 5.12. The average molecular weight is 460 g/mol. The number of carbonyl (C=O) groups is 1. The molecule has 1 N–H and O–H groups in total. The Labute approximate surface area is 188 Å². The maximum Gasteiger partial charge on any atom is 0.432 e. The molecular formula is C23H23F3N4O3. The van der Waals surface area contributed by atoms with Gasteiger partial charge in [0.25, 0.3) is 0 Å². The van der Waals surface area contributed by atoms with Crippen molar-refractivity contribution in [2.45, 2.75) is 39.3 Å². The lowest BCUT2D eigenvalue weighted by Crippen LogP contribution is -2.44. The second-order valence-corrected chi connectivity index (χ2v) is 8.06. The molecule has 3 heterocycles. The van der Waals surface area contributed by atoms with Crippen molar-refractivity contribution in [3.05, 3.63) is 48.0 Å². The van der Waals surface area contributed by atoms with Gasteiger partial charge in [0.15, 0.2) is 5.82 Å². The molecule has 0 aromatic carbocycles. The number of pyridine rings is 2. The number of aromatic amines is 1. The quantitative estimate of drug-likeness (QED) is 0.501. The molecule has 174 valence electrons. The number of esters is 1. The normalized spacial score (nSPS) is 15.1. The lowest BCUT2D eigenvalue weighted by molar-refractivity contribution is -0.163. The Balaban J connectivity index is 1.46. The third-order valence-electron chi connectivity index (χ3n) is 5.80. The minimum Gasteiger partial charge on any atom is -0.476 e. The van der Waals surface area contributed by atoms with Gasteiger partial charge in [-0.05, 0) is 38.3 Å². The SMILES string of the molecule is CCOC(=O)C1(COc2cc(C)c(-c3ccc(-c4ncc(C(F)(F)F)[nH]4)nc3)cn2)CCC1. The van der Waals surface area contributed by atoms with E-state index in [1.165, 1.54) is 0 Å². The number of aromatic nitrogens is 4. The monoisotopic (exact) mass is 460 g/mol. The van der Waals surface area contributed by atoms with Gasteiger partial charge in [-0.25, -0.2) is 9.97 Å². The van der Waals surface area contributed by atoms with Crippen molar-refractivity contribution in [2.24, 2.45) is 5.41 Å². The molecule has 3 aromatic heterocycles. The molecule has 0 saturated heterocycles. The minimum absolute atomic E-state index is 0.0407. The maximum atomic E-state index is 12.8. The first-order chi connectivity index (χ1) is 15.7. The molecule has 0 unspecified atom stereocenters. The van der Waals surface area contributed by atoms with Gasteiger partial charge in [-0.2, -0.15) is 13.2 Å². The molecule has 0 atom stereocenters. The number of imidazole rings is 1. The summed E-state index contributed by atoms with van der Waals surface area (Å²) >= 11 is 0. The van der Waals surface area contributed by atoms with Gasteiger partial charge in [-0.1, -0.05) is 12.5 Å².